The molecule has 0 spiro atoms. The Hall–Kier alpha value is -2.16. The molecule has 1 heterocycles. The Kier molecular flexibility index (Phi) is 4.40. The van der Waals surface area contributed by atoms with Crippen LogP contribution in [0.5, 0.6) is 0 Å². The van der Waals surface area contributed by atoms with Crippen LogP contribution in [0.25, 0.3) is 0 Å². The number of nitriles is 1. The van der Waals surface area contributed by atoms with E-state index < -0.39 is 5.97 Å². The van der Waals surface area contributed by atoms with Gasteiger partial charge in [0.1, 0.15) is 5.82 Å². The molecule has 17 heavy (non-hydrogen) atoms. The lowest BCUT2D eigenvalue weighted by molar-refractivity contribution is 0.0690. The van der Waals surface area contributed by atoms with E-state index in [2.05, 4.69) is 16.0 Å². The number of carbonyl (C=O) groups is 1. The predicted octanol–water partition coefficient (Wildman–Crippen LogP) is 1.30. The van der Waals surface area contributed by atoms with Crippen molar-refractivity contribution in [3.05, 3.63) is 18.1 Å². The van der Waals surface area contributed by atoms with Crippen LogP contribution < -0.4 is 4.90 Å². The average Bonchev–Trinajstić information content (AvgIpc) is 2.29. The second-order valence-electron chi connectivity index (χ2n) is 3.76. The molecule has 1 aromatic rings. The fourth-order valence-corrected chi connectivity index (χ4v) is 1.39. The Morgan fingerprint density at radius 1 is 1.53 bits per heavy atom. The normalized spacial score (nSPS) is 10.0. The number of hydrogen-bond acceptors (Lipinski definition) is 5. The van der Waals surface area contributed by atoms with Crippen molar-refractivity contribution >= 4 is 11.8 Å². The fourth-order valence-electron chi connectivity index (χ4n) is 1.39. The van der Waals surface area contributed by atoms with E-state index in [-0.39, 0.29) is 11.7 Å². The molecule has 0 atom stereocenters. The molecule has 0 unspecified atom stereocenters. The van der Waals surface area contributed by atoms with Gasteiger partial charge in [-0.15, -0.1) is 0 Å². The van der Waals surface area contributed by atoms with Gasteiger partial charge in [-0.1, -0.05) is 0 Å². The second kappa shape index (κ2) is 5.80. The standard InChI is InChI=1S/C11H14N4O2/c1-8(2)15(5-3-4-12)10-7-13-9(6-14-10)11(16)17/h6-8H,3,5H2,1-2H3,(H,16,17). The van der Waals surface area contributed by atoms with Crippen molar-refractivity contribution in [2.75, 3.05) is 11.4 Å². The van der Waals surface area contributed by atoms with E-state index in [0.717, 1.165) is 0 Å². The Labute approximate surface area is 99.5 Å². The maximum absolute atomic E-state index is 10.6. The van der Waals surface area contributed by atoms with Gasteiger partial charge in [0, 0.05) is 12.6 Å². The molecule has 1 rings (SSSR count). The summed E-state index contributed by atoms with van der Waals surface area (Å²) in [5.74, 6) is -0.516. The summed E-state index contributed by atoms with van der Waals surface area (Å²) in [5.41, 5.74) is -0.0854. The van der Waals surface area contributed by atoms with Crippen molar-refractivity contribution in [2.45, 2.75) is 26.3 Å². The first-order valence-electron chi connectivity index (χ1n) is 5.25. The Morgan fingerprint density at radius 3 is 2.65 bits per heavy atom. The van der Waals surface area contributed by atoms with Gasteiger partial charge in [0.25, 0.3) is 0 Å². The van der Waals surface area contributed by atoms with Crippen molar-refractivity contribution in [3.63, 3.8) is 0 Å². The Bertz CT molecular complexity index is 422. The number of aromatic nitrogens is 2. The third-order valence-corrected chi connectivity index (χ3v) is 2.24. The third-order valence-electron chi connectivity index (χ3n) is 2.24. The van der Waals surface area contributed by atoms with Crippen molar-refractivity contribution < 1.29 is 9.90 Å². The summed E-state index contributed by atoms with van der Waals surface area (Å²) in [6.45, 7) is 4.50. The molecule has 6 heteroatoms. The lowest BCUT2D eigenvalue weighted by atomic mass is 10.3. The van der Waals surface area contributed by atoms with E-state index >= 15 is 0 Å². The van der Waals surface area contributed by atoms with Gasteiger partial charge in [0.05, 0.1) is 24.9 Å². The zero-order valence-corrected chi connectivity index (χ0v) is 9.79. The predicted molar refractivity (Wildman–Crippen MR) is 61.7 cm³/mol. The smallest absolute Gasteiger partial charge is 0.356 e. The summed E-state index contributed by atoms with van der Waals surface area (Å²) in [6.07, 6.45) is 3.03. The number of hydrogen-bond donors (Lipinski definition) is 1. The van der Waals surface area contributed by atoms with Crippen LogP contribution in [0.1, 0.15) is 30.8 Å². The minimum atomic E-state index is -1.10. The zero-order chi connectivity index (χ0) is 12.8. The van der Waals surface area contributed by atoms with Crippen molar-refractivity contribution in [1.29, 1.82) is 5.26 Å². The number of carboxylic acids is 1. The largest absolute Gasteiger partial charge is 0.476 e. The number of anilines is 1. The Morgan fingerprint density at radius 2 is 2.24 bits per heavy atom. The van der Waals surface area contributed by atoms with Gasteiger partial charge in [-0.2, -0.15) is 5.26 Å². The van der Waals surface area contributed by atoms with Crippen molar-refractivity contribution in [2.24, 2.45) is 0 Å². The molecular formula is C11H14N4O2. The summed E-state index contributed by atoms with van der Waals surface area (Å²) in [4.78, 5) is 20.4. The molecule has 1 N–H and O–H groups in total. The highest BCUT2D eigenvalue weighted by Gasteiger charge is 2.13. The van der Waals surface area contributed by atoms with E-state index in [1.165, 1.54) is 12.4 Å². The molecule has 0 aromatic carbocycles. The van der Waals surface area contributed by atoms with Crippen LogP contribution in [-0.4, -0.2) is 33.6 Å². The SMILES string of the molecule is CC(C)N(CCC#N)c1cnc(C(=O)O)cn1. The van der Waals surface area contributed by atoms with E-state index in [1.807, 2.05) is 18.7 Å². The summed E-state index contributed by atoms with van der Waals surface area (Å²) < 4.78 is 0. The summed E-state index contributed by atoms with van der Waals surface area (Å²) in [5, 5.41) is 17.3. The van der Waals surface area contributed by atoms with Crippen molar-refractivity contribution in [1.82, 2.24) is 9.97 Å². The Balaban J connectivity index is 2.88. The molecular weight excluding hydrogens is 220 g/mol. The van der Waals surface area contributed by atoms with Crippen LogP contribution in [0.4, 0.5) is 5.82 Å². The number of carboxylic acid groups (broad SMARTS) is 1. The molecule has 0 fully saturated rings. The van der Waals surface area contributed by atoms with Gasteiger partial charge in [0.15, 0.2) is 5.69 Å². The van der Waals surface area contributed by atoms with Crippen LogP contribution in [0.2, 0.25) is 0 Å². The average molecular weight is 234 g/mol. The first-order chi connectivity index (χ1) is 8.06. The molecule has 0 bridgehead atoms. The second-order valence-corrected chi connectivity index (χ2v) is 3.76. The number of rotatable bonds is 5. The zero-order valence-electron chi connectivity index (χ0n) is 9.79. The maximum Gasteiger partial charge on any atom is 0.356 e. The van der Waals surface area contributed by atoms with E-state index in [9.17, 15) is 4.79 Å². The summed E-state index contributed by atoms with van der Waals surface area (Å²) in [7, 11) is 0. The summed E-state index contributed by atoms with van der Waals surface area (Å²) >= 11 is 0. The van der Waals surface area contributed by atoms with E-state index in [1.54, 1.807) is 0 Å². The monoisotopic (exact) mass is 234 g/mol. The highest BCUT2D eigenvalue weighted by atomic mass is 16.4. The molecule has 90 valence electrons. The van der Waals surface area contributed by atoms with Crippen LogP contribution in [0, 0.1) is 11.3 Å². The molecule has 0 aliphatic carbocycles. The van der Waals surface area contributed by atoms with Crippen LogP contribution in [0.3, 0.4) is 0 Å². The van der Waals surface area contributed by atoms with Gasteiger partial charge in [-0.25, -0.2) is 14.8 Å². The quantitative estimate of drug-likeness (QED) is 0.825. The van der Waals surface area contributed by atoms with E-state index in [4.69, 9.17) is 10.4 Å². The highest BCUT2D eigenvalue weighted by Crippen LogP contribution is 2.13. The molecule has 0 aliphatic rings. The molecule has 0 amide bonds. The third kappa shape index (κ3) is 3.41. The first-order valence-corrected chi connectivity index (χ1v) is 5.25. The fraction of sp³-hybridized carbons (Fsp3) is 0.455. The van der Waals surface area contributed by atoms with Crippen LogP contribution in [0.15, 0.2) is 12.4 Å². The minimum Gasteiger partial charge on any atom is -0.476 e. The molecule has 0 aliphatic heterocycles. The summed E-state index contributed by atoms with van der Waals surface area (Å²) in [6, 6.07) is 2.24. The van der Waals surface area contributed by atoms with Crippen molar-refractivity contribution in [3.8, 4) is 6.07 Å². The van der Waals surface area contributed by atoms with Gasteiger partial charge in [0.2, 0.25) is 0 Å². The minimum absolute atomic E-state index is 0.0854. The van der Waals surface area contributed by atoms with Gasteiger partial charge >= 0.3 is 5.97 Å². The number of aromatic carboxylic acids is 1. The molecule has 6 nitrogen and oxygen atoms in total. The molecule has 0 radical (unpaired) electrons. The first kappa shape index (κ1) is 12.9. The molecule has 0 saturated heterocycles. The van der Waals surface area contributed by atoms with Gasteiger partial charge in [-0.3, -0.25) is 0 Å². The van der Waals surface area contributed by atoms with Crippen LogP contribution >= 0.6 is 0 Å². The molecule has 0 saturated carbocycles. The van der Waals surface area contributed by atoms with E-state index in [0.29, 0.717) is 18.8 Å². The number of nitrogens with zero attached hydrogens (tertiary/aromatic N) is 4. The lowest BCUT2D eigenvalue weighted by Crippen LogP contribution is -2.32. The van der Waals surface area contributed by atoms with Crippen LogP contribution in [-0.2, 0) is 0 Å². The topological polar surface area (TPSA) is 90.1 Å². The highest BCUT2D eigenvalue weighted by molar-refractivity contribution is 5.84. The van der Waals surface area contributed by atoms with Gasteiger partial charge in [-0.05, 0) is 13.8 Å². The lowest BCUT2D eigenvalue weighted by Gasteiger charge is -2.26. The maximum atomic E-state index is 10.6. The molecule has 1 aromatic heterocycles. The van der Waals surface area contributed by atoms with Gasteiger partial charge < -0.3 is 10.0 Å².